The fourth-order valence-corrected chi connectivity index (χ4v) is 2.62. The summed E-state index contributed by atoms with van der Waals surface area (Å²) in [6, 6.07) is 8.76. The van der Waals surface area contributed by atoms with E-state index >= 15 is 0 Å². The summed E-state index contributed by atoms with van der Waals surface area (Å²) in [5, 5.41) is 0. The van der Waals surface area contributed by atoms with Gasteiger partial charge in [-0.05, 0) is 55.7 Å². The molecule has 1 saturated carbocycles. The molecule has 2 N–H and O–H groups in total. The highest BCUT2D eigenvalue weighted by molar-refractivity contribution is 5.29. The third-order valence-electron chi connectivity index (χ3n) is 3.50. The third kappa shape index (κ3) is 1.83. The van der Waals surface area contributed by atoms with E-state index in [1.54, 1.807) is 5.56 Å². The standard InChI is InChI=1S/C13H19N/c1-10-4-2-3-5-13(10)12-7-6-11(8-12)9-14/h2-5,11-12H,6-9,14H2,1H3. The van der Waals surface area contributed by atoms with Gasteiger partial charge in [0.05, 0.1) is 0 Å². The summed E-state index contributed by atoms with van der Waals surface area (Å²) in [5.74, 6) is 1.53. The molecular formula is C13H19N. The Morgan fingerprint density at radius 2 is 2.07 bits per heavy atom. The van der Waals surface area contributed by atoms with E-state index in [4.69, 9.17) is 5.73 Å². The molecule has 0 heterocycles. The molecule has 2 unspecified atom stereocenters. The zero-order chi connectivity index (χ0) is 9.97. The highest BCUT2D eigenvalue weighted by atomic mass is 14.6. The van der Waals surface area contributed by atoms with Crippen LogP contribution >= 0.6 is 0 Å². The molecule has 0 aliphatic heterocycles. The molecule has 1 fully saturated rings. The Morgan fingerprint density at radius 1 is 1.29 bits per heavy atom. The molecule has 1 nitrogen and oxygen atoms in total. The Kier molecular flexibility index (Phi) is 2.87. The second-order valence-electron chi connectivity index (χ2n) is 4.47. The quantitative estimate of drug-likeness (QED) is 0.760. The first-order chi connectivity index (χ1) is 6.81. The van der Waals surface area contributed by atoms with Crippen LogP contribution in [0.1, 0.15) is 36.3 Å². The molecule has 0 amide bonds. The fraction of sp³-hybridized carbons (Fsp3) is 0.538. The van der Waals surface area contributed by atoms with Gasteiger partial charge >= 0.3 is 0 Å². The molecule has 1 aliphatic rings. The average Bonchev–Trinajstić information content (AvgIpc) is 2.67. The van der Waals surface area contributed by atoms with Gasteiger partial charge in [0.2, 0.25) is 0 Å². The number of hydrogen-bond donors (Lipinski definition) is 1. The topological polar surface area (TPSA) is 26.0 Å². The van der Waals surface area contributed by atoms with Crippen LogP contribution in [0.4, 0.5) is 0 Å². The molecule has 0 spiro atoms. The number of benzene rings is 1. The van der Waals surface area contributed by atoms with E-state index < -0.39 is 0 Å². The first-order valence-electron chi connectivity index (χ1n) is 5.57. The van der Waals surface area contributed by atoms with Crippen molar-refractivity contribution in [3.8, 4) is 0 Å². The summed E-state index contributed by atoms with van der Waals surface area (Å²) in [5.41, 5.74) is 8.70. The monoisotopic (exact) mass is 189 g/mol. The maximum Gasteiger partial charge on any atom is -0.00486 e. The zero-order valence-electron chi connectivity index (χ0n) is 8.87. The summed E-state index contributed by atoms with van der Waals surface area (Å²) in [7, 11) is 0. The highest BCUT2D eigenvalue weighted by Crippen LogP contribution is 2.38. The van der Waals surface area contributed by atoms with Gasteiger partial charge in [-0.3, -0.25) is 0 Å². The summed E-state index contributed by atoms with van der Waals surface area (Å²) in [6.45, 7) is 3.08. The van der Waals surface area contributed by atoms with Crippen LogP contribution < -0.4 is 5.73 Å². The van der Waals surface area contributed by atoms with Crippen LogP contribution in [-0.2, 0) is 0 Å². The Hall–Kier alpha value is -0.820. The molecule has 0 bridgehead atoms. The van der Waals surface area contributed by atoms with Crippen molar-refractivity contribution in [2.24, 2.45) is 11.7 Å². The summed E-state index contributed by atoms with van der Waals surface area (Å²) in [4.78, 5) is 0. The minimum Gasteiger partial charge on any atom is -0.330 e. The first-order valence-corrected chi connectivity index (χ1v) is 5.57. The van der Waals surface area contributed by atoms with Crippen molar-refractivity contribution >= 4 is 0 Å². The Morgan fingerprint density at radius 3 is 2.71 bits per heavy atom. The van der Waals surface area contributed by atoms with E-state index in [-0.39, 0.29) is 0 Å². The molecule has 1 aromatic carbocycles. The lowest BCUT2D eigenvalue weighted by Crippen LogP contribution is -2.10. The lowest BCUT2D eigenvalue weighted by atomic mass is 9.93. The minimum absolute atomic E-state index is 0.764. The van der Waals surface area contributed by atoms with Gasteiger partial charge in [0, 0.05) is 0 Å². The molecule has 1 heteroatoms. The van der Waals surface area contributed by atoms with Gasteiger partial charge < -0.3 is 5.73 Å². The molecule has 2 rings (SSSR count). The molecule has 0 radical (unpaired) electrons. The Labute approximate surface area is 86.3 Å². The largest absolute Gasteiger partial charge is 0.330 e. The normalized spacial score (nSPS) is 26.7. The predicted molar refractivity (Wildman–Crippen MR) is 60.3 cm³/mol. The van der Waals surface area contributed by atoms with Crippen LogP contribution in [0, 0.1) is 12.8 Å². The summed E-state index contributed by atoms with van der Waals surface area (Å²) in [6.07, 6.45) is 3.93. The molecule has 1 aliphatic carbocycles. The van der Waals surface area contributed by atoms with Crippen LogP contribution in [0.25, 0.3) is 0 Å². The van der Waals surface area contributed by atoms with Crippen molar-refractivity contribution < 1.29 is 0 Å². The summed E-state index contributed by atoms with van der Waals surface area (Å²) < 4.78 is 0. The molecule has 0 saturated heterocycles. The molecule has 2 atom stereocenters. The fourth-order valence-electron chi connectivity index (χ4n) is 2.62. The van der Waals surface area contributed by atoms with E-state index in [1.165, 1.54) is 24.8 Å². The van der Waals surface area contributed by atoms with E-state index in [9.17, 15) is 0 Å². The maximum absolute atomic E-state index is 5.71. The lowest BCUT2D eigenvalue weighted by Gasteiger charge is -2.13. The van der Waals surface area contributed by atoms with Crippen molar-refractivity contribution in [3.63, 3.8) is 0 Å². The Balaban J connectivity index is 2.13. The second kappa shape index (κ2) is 4.14. The SMILES string of the molecule is Cc1ccccc1C1CCC(CN)C1. The van der Waals surface area contributed by atoms with Crippen molar-refractivity contribution in [2.45, 2.75) is 32.1 Å². The number of aryl methyl sites for hydroxylation is 1. The van der Waals surface area contributed by atoms with Crippen molar-refractivity contribution in [1.29, 1.82) is 0 Å². The van der Waals surface area contributed by atoms with Crippen LogP contribution in [-0.4, -0.2) is 6.54 Å². The first kappa shape index (κ1) is 9.72. The predicted octanol–water partition coefficient (Wildman–Crippen LogP) is 2.84. The van der Waals surface area contributed by atoms with Gasteiger partial charge in [0.1, 0.15) is 0 Å². The van der Waals surface area contributed by atoms with Gasteiger partial charge in [-0.15, -0.1) is 0 Å². The lowest BCUT2D eigenvalue weighted by molar-refractivity contribution is 0.551. The molecule has 0 aromatic heterocycles. The van der Waals surface area contributed by atoms with Crippen molar-refractivity contribution in [1.82, 2.24) is 0 Å². The number of rotatable bonds is 2. The molecule has 14 heavy (non-hydrogen) atoms. The smallest absolute Gasteiger partial charge is 0.00486 e. The van der Waals surface area contributed by atoms with Crippen molar-refractivity contribution in [3.05, 3.63) is 35.4 Å². The third-order valence-corrected chi connectivity index (χ3v) is 3.50. The average molecular weight is 189 g/mol. The van der Waals surface area contributed by atoms with Crippen molar-refractivity contribution in [2.75, 3.05) is 6.54 Å². The molecule has 76 valence electrons. The van der Waals surface area contributed by atoms with Gasteiger partial charge in [0.25, 0.3) is 0 Å². The van der Waals surface area contributed by atoms with E-state index in [2.05, 4.69) is 31.2 Å². The van der Waals surface area contributed by atoms with E-state index in [1.807, 2.05) is 0 Å². The van der Waals surface area contributed by atoms with Gasteiger partial charge in [-0.1, -0.05) is 24.3 Å². The van der Waals surface area contributed by atoms with Gasteiger partial charge in [-0.2, -0.15) is 0 Å². The van der Waals surface area contributed by atoms with Crippen LogP contribution in [0.15, 0.2) is 24.3 Å². The zero-order valence-corrected chi connectivity index (χ0v) is 8.87. The number of nitrogens with two attached hydrogens (primary N) is 1. The summed E-state index contributed by atoms with van der Waals surface area (Å²) >= 11 is 0. The van der Waals surface area contributed by atoms with Gasteiger partial charge in [0.15, 0.2) is 0 Å². The maximum atomic E-state index is 5.71. The number of hydrogen-bond acceptors (Lipinski definition) is 1. The molecule has 1 aromatic rings. The molecular weight excluding hydrogens is 170 g/mol. The highest BCUT2D eigenvalue weighted by Gasteiger charge is 2.25. The van der Waals surface area contributed by atoms with Crippen LogP contribution in [0.5, 0.6) is 0 Å². The Bertz CT molecular complexity index is 306. The minimum atomic E-state index is 0.764. The van der Waals surface area contributed by atoms with E-state index in [0.717, 1.165) is 18.4 Å². The van der Waals surface area contributed by atoms with E-state index in [0.29, 0.717) is 0 Å². The van der Waals surface area contributed by atoms with Crippen LogP contribution in [0.3, 0.4) is 0 Å². The second-order valence-corrected chi connectivity index (χ2v) is 4.47. The van der Waals surface area contributed by atoms with Gasteiger partial charge in [-0.25, -0.2) is 0 Å². The van der Waals surface area contributed by atoms with Crippen LogP contribution in [0.2, 0.25) is 0 Å².